The van der Waals surface area contributed by atoms with Crippen molar-refractivity contribution in [2.75, 3.05) is 6.26 Å². The molecule has 21 heavy (non-hydrogen) atoms. The topological polar surface area (TPSA) is 38.0 Å². The lowest BCUT2D eigenvalue weighted by molar-refractivity contribution is 0.637. The fraction of sp³-hybridized carbons (Fsp3) is 0.111. The SMILES string of the molecule is CSc1ccc(C(NN)c2ccc3ccccc3c2)cc1. The third-order valence-electron chi connectivity index (χ3n) is 3.72. The summed E-state index contributed by atoms with van der Waals surface area (Å²) in [5.41, 5.74) is 5.28. The largest absolute Gasteiger partial charge is 0.271 e. The highest BCUT2D eigenvalue weighted by Gasteiger charge is 2.12. The van der Waals surface area contributed by atoms with Gasteiger partial charge in [-0.05, 0) is 46.4 Å². The molecule has 0 aliphatic carbocycles. The van der Waals surface area contributed by atoms with Crippen molar-refractivity contribution >= 4 is 22.5 Å². The Hall–Kier alpha value is -1.81. The number of rotatable bonds is 4. The van der Waals surface area contributed by atoms with Crippen LogP contribution < -0.4 is 11.3 Å². The molecule has 0 radical (unpaired) electrons. The summed E-state index contributed by atoms with van der Waals surface area (Å²) in [4.78, 5) is 1.26. The van der Waals surface area contributed by atoms with Crippen molar-refractivity contribution in [3.05, 3.63) is 77.9 Å². The first kappa shape index (κ1) is 14.1. The van der Waals surface area contributed by atoms with Crippen LogP contribution in [0.3, 0.4) is 0 Å². The molecule has 3 aromatic carbocycles. The summed E-state index contributed by atoms with van der Waals surface area (Å²) in [5.74, 6) is 5.80. The second-order valence-corrected chi connectivity index (χ2v) is 5.86. The molecule has 106 valence electrons. The standard InChI is InChI=1S/C18H18N2S/c1-21-17-10-8-14(9-11-17)18(20-19)16-7-6-13-4-2-3-5-15(13)12-16/h2-12,18,20H,19H2,1H3. The number of fused-ring (bicyclic) bond motifs is 1. The molecule has 0 heterocycles. The first-order valence-corrected chi connectivity index (χ1v) is 8.13. The van der Waals surface area contributed by atoms with Crippen LogP contribution in [0.1, 0.15) is 17.2 Å². The molecule has 1 atom stereocenters. The predicted octanol–water partition coefficient (Wildman–Crippen LogP) is 4.11. The van der Waals surface area contributed by atoms with Gasteiger partial charge in [-0.1, -0.05) is 48.5 Å². The zero-order valence-corrected chi connectivity index (χ0v) is 12.7. The predicted molar refractivity (Wildman–Crippen MR) is 91.3 cm³/mol. The first-order chi connectivity index (χ1) is 10.3. The Morgan fingerprint density at radius 1 is 0.857 bits per heavy atom. The molecule has 3 N–H and O–H groups in total. The van der Waals surface area contributed by atoms with Crippen molar-refractivity contribution in [3.8, 4) is 0 Å². The van der Waals surface area contributed by atoms with Gasteiger partial charge in [0.05, 0.1) is 6.04 Å². The van der Waals surface area contributed by atoms with Crippen LogP contribution in [0.5, 0.6) is 0 Å². The highest BCUT2D eigenvalue weighted by molar-refractivity contribution is 7.98. The van der Waals surface area contributed by atoms with Gasteiger partial charge in [0.2, 0.25) is 0 Å². The number of nitrogens with two attached hydrogens (primary N) is 1. The fourth-order valence-corrected chi connectivity index (χ4v) is 2.98. The Balaban J connectivity index is 2.00. The van der Waals surface area contributed by atoms with Crippen LogP contribution in [0.2, 0.25) is 0 Å². The summed E-state index contributed by atoms with van der Waals surface area (Å²) >= 11 is 1.74. The van der Waals surface area contributed by atoms with Gasteiger partial charge in [-0.2, -0.15) is 0 Å². The first-order valence-electron chi connectivity index (χ1n) is 6.90. The zero-order valence-electron chi connectivity index (χ0n) is 11.9. The average molecular weight is 294 g/mol. The maximum absolute atomic E-state index is 5.80. The van der Waals surface area contributed by atoms with Gasteiger partial charge in [0.1, 0.15) is 0 Å². The van der Waals surface area contributed by atoms with Crippen LogP contribution in [0.15, 0.2) is 71.6 Å². The van der Waals surface area contributed by atoms with Gasteiger partial charge >= 0.3 is 0 Å². The van der Waals surface area contributed by atoms with E-state index in [4.69, 9.17) is 5.84 Å². The summed E-state index contributed by atoms with van der Waals surface area (Å²) in [6.07, 6.45) is 2.08. The van der Waals surface area contributed by atoms with E-state index in [9.17, 15) is 0 Å². The van der Waals surface area contributed by atoms with Crippen molar-refractivity contribution in [1.29, 1.82) is 0 Å². The third kappa shape index (κ3) is 2.95. The normalized spacial score (nSPS) is 12.5. The minimum atomic E-state index is 0.00510. The smallest absolute Gasteiger partial charge is 0.0710 e. The Bertz CT molecular complexity index is 738. The van der Waals surface area contributed by atoms with Crippen LogP contribution in [-0.4, -0.2) is 6.26 Å². The molecule has 2 nitrogen and oxygen atoms in total. The Labute approximate surface area is 129 Å². The number of benzene rings is 3. The molecular weight excluding hydrogens is 276 g/mol. The number of thioether (sulfide) groups is 1. The Morgan fingerprint density at radius 2 is 1.52 bits per heavy atom. The molecule has 0 aliphatic rings. The van der Waals surface area contributed by atoms with Gasteiger partial charge in [-0.25, -0.2) is 5.43 Å². The van der Waals surface area contributed by atoms with Gasteiger partial charge in [-0.15, -0.1) is 11.8 Å². The average Bonchev–Trinajstić information content (AvgIpc) is 2.56. The molecule has 0 fully saturated rings. The molecule has 0 aliphatic heterocycles. The highest BCUT2D eigenvalue weighted by atomic mass is 32.2. The fourth-order valence-electron chi connectivity index (χ4n) is 2.57. The zero-order chi connectivity index (χ0) is 14.7. The van der Waals surface area contributed by atoms with E-state index >= 15 is 0 Å². The van der Waals surface area contributed by atoms with E-state index in [2.05, 4.69) is 78.4 Å². The van der Waals surface area contributed by atoms with Crippen LogP contribution in [0, 0.1) is 0 Å². The van der Waals surface area contributed by atoms with E-state index in [1.165, 1.54) is 26.8 Å². The monoisotopic (exact) mass is 294 g/mol. The number of hydrogen-bond donors (Lipinski definition) is 2. The van der Waals surface area contributed by atoms with Crippen molar-refractivity contribution in [1.82, 2.24) is 5.43 Å². The van der Waals surface area contributed by atoms with Crippen LogP contribution in [0.25, 0.3) is 10.8 Å². The summed E-state index contributed by atoms with van der Waals surface area (Å²) < 4.78 is 0. The number of hydrazine groups is 1. The molecule has 0 spiro atoms. The summed E-state index contributed by atoms with van der Waals surface area (Å²) in [6, 6.07) is 23.4. The second-order valence-electron chi connectivity index (χ2n) is 4.98. The summed E-state index contributed by atoms with van der Waals surface area (Å²) in [6.45, 7) is 0. The molecule has 0 bridgehead atoms. The van der Waals surface area contributed by atoms with Gasteiger partial charge in [0, 0.05) is 4.90 Å². The molecule has 3 aromatic rings. The van der Waals surface area contributed by atoms with Crippen molar-refractivity contribution < 1.29 is 0 Å². The van der Waals surface area contributed by atoms with Gasteiger partial charge in [-0.3, -0.25) is 5.84 Å². The quantitative estimate of drug-likeness (QED) is 0.432. The summed E-state index contributed by atoms with van der Waals surface area (Å²) in [5, 5.41) is 2.48. The lowest BCUT2D eigenvalue weighted by atomic mass is 9.97. The number of hydrogen-bond acceptors (Lipinski definition) is 3. The van der Waals surface area contributed by atoms with E-state index < -0.39 is 0 Å². The van der Waals surface area contributed by atoms with Gasteiger partial charge in [0.25, 0.3) is 0 Å². The minimum absolute atomic E-state index is 0.00510. The molecule has 0 saturated heterocycles. The van der Waals surface area contributed by atoms with Crippen LogP contribution in [-0.2, 0) is 0 Å². The Morgan fingerprint density at radius 3 is 2.19 bits per heavy atom. The maximum Gasteiger partial charge on any atom is 0.0710 e. The van der Waals surface area contributed by atoms with E-state index in [-0.39, 0.29) is 6.04 Å². The van der Waals surface area contributed by atoms with E-state index in [1.807, 2.05) is 0 Å². The van der Waals surface area contributed by atoms with Crippen molar-refractivity contribution in [2.45, 2.75) is 10.9 Å². The summed E-state index contributed by atoms with van der Waals surface area (Å²) in [7, 11) is 0. The van der Waals surface area contributed by atoms with E-state index in [1.54, 1.807) is 11.8 Å². The molecule has 3 rings (SSSR count). The lowest BCUT2D eigenvalue weighted by Crippen LogP contribution is -2.28. The molecule has 0 saturated carbocycles. The van der Waals surface area contributed by atoms with Gasteiger partial charge in [0.15, 0.2) is 0 Å². The van der Waals surface area contributed by atoms with Gasteiger partial charge < -0.3 is 0 Å². The minimum Gasteiger partial charge on any atom is -0.271 e. The third-order valence-corrected chi connectivity index (χ3v) is 4.47. The maximum atomic E-state index is 5.80. The lowest BCUT2D eigenvalue weighted by Gasteiger charge is -2.18. The molecule has 0 aromatic heterocycles. The molecule has 3 heteroatoms. The van der Waals surface area contributed by atoms with E-state index in [0.717, 1.165) is 0 Å². The number of nitrogens with one attached hydrogen (secondary N) is 1. The van der Waals surface area contributed by atoms with Crippen molar-refractivity contribution in [2.24, 2.45) is 5.84 Å². The van der Waals surface area contributed by atoms with Crippen molar-refractivity contribution in [3.63, 3.8) is 0 Å². The van der Waals surface area contributed by atoms with E-state index in [0.29, 0.717) is 0 Å². The highest BCUT2D eigenvalue weighted by Crippen LogP contribution is 2.26. The second kappa shape index (κ2) is 6.31. The van der Waals surface area contributed by atoms with Crippen LogP contribution >= 0.6 is 11.8 Å². The molecule has 1 unspecified atom stereocenters. The Kier molecular flexibility index (Phi) is 4.25. The molecule has 0 amide bonds. The molecular formula is C18H18N2S. The van der Waals surface area contributed by atoms with Crippen LogP contribution in [0.4, 0.5) is 0 Å².